The van der Waals surface area contributed by atoms with Crippen LogP contribution in [0.15, 0.2) is 0 Å². The summed E-state index contributed by atoms with van der Waals surface area (Å²) in [7, 11) is -0.740. The van der Waals surface area contributed by atoms with Crippen LogP contribution in [0.1, 0.15) is 32.6 Å². The molecule has 2 atom stereocenters. The summed E-state index contributed by atoms with van der Waals surface area (Å²) >= 11 is 0. The summed E-state index contributed by atoms with van der Waals surface area (Å²) in [6.45, 7) is 1.79. The quantitative estimate of drug-likeness (QED) is 0.777. The second-order valence-corrected chi connectivity index (χ2v) is 7.52. The van der Waals surface area contributed by atoms with Gasteiger partial charge in [-0.2, -0.15) is 0 Å². The van der Waals surface area contributed by atoms with Crippen molar-refractivity contribution in [1.29, 1.82) is 0 Å². The molecule has 3 fully saturated rings. The molecule has 2 saturated heterocycles. The molecule has 0 radical (unpaired) electrons. The third-order valence-corrected chi connectivity index (χ3v) is 5.84. The predicted molar refractivity (Wildman–Crippen MR) is 71.9 cm³/mol. The summed E-state index contributed by atoms with van der Waals surface area (Å²) < 4.78 is 11.4. The van der Waals surface area contributed by atoms with Gasteiger partial charge in [0.25, 0.3) is 0 Å². The van der Waals surface area contributed by atoms with E-state index in [1.165, 1.54) is 0 Å². The van der Waals surface area contributed by atoms with Crippen molar-refractivity contribution in [1.82, 2.24) is 10.2 Å². The maximum atomic E-state index is 12.6. The van der Waals surface area contributed by atoms with Gasteiger partial charge in [0.2, 0.25) is 11.8 Å². The average Bonchev–Trinajstić information content (AvgIpc) is 3.21. The summed E-state index contributed by atoms with van der Waals surface area (Å²) in [6.07, 6.45) is 3.59. The number of nitrogens with zero attached hydrogens (tertiary/aromatic N) is 1. The maximum absolute atomic E-state index is 12.6. The van der Waals surface area contributed by atoms with Crippen molar-refractivity contribution in [3.05, 3.63) is 0 Å². The normalized spacial score (nSPS) is 40.2. The van der Waals surface area contributed by atoms with E-state index in [1.54, 1.807) is 11.8 Å². The number of nitrogens with one attached hydrogen (secondary N) is 1. The number of hydrogen-bond acceptors (Lipinski definition) is 3. The van der Waals surface area contributed by atoms with Gasteiger partial charge in [-0.05, 0) is 38.5 Å². The van der Waals surface area contributed by atoms with E-state index < -0.39 is 10.8 Å². The molecule has 5 nitrogen and oxygen atoms in total. The standard InChI is InChI=1S/C13H20N2O3S/c1-8-12(16)14-11(9-2-3-9)13(17)15(8)10-4-6-19(18)7-5-10/h8-11H,2-7H2,1H3,(H,14,16). The van der Waals surface area contributed by atoms with Gasteiger partial charge in [-0.1, -0.05) is 0 Å². The Bertz CT molecular complexity index is 426. The van der Waals surface area contributed by atoms with E-state index in [2.05, 4.69) is 5.32 Å². The lowest BCUT2D eigenvalue weighted by Gasteiger charge is -2.43. The molecule has 2 aliphatic heterocycles. The molecule has 3 aliphatic rings. The minimum atomic E-state index is -0.740. The Labute approximate surface area is 115 Å². The van der Waals surface area contributed by atoms with Crippen LogP contribution >= 0.6 is 0 Å². The van der Waals surface area contributed by atoms with Gasteiger partial charge in [0.15, 0.2) is 0 Å². The van der Waals surface area contributed by atoms with Crippen LogP contribution in [0.4, 0.5) is 0 Å². The fourth-order valence-electron chi connectivity index (χ4n) is 3.12. The van der Waals surface area contributed by atoms with E-state index in [1.807, 2.05) is 0 Å². The highest BCUT2D eigenvalue weighted by molar-refractivity contribution is 7.85. The first kappa shape index (κ1) is 13.1. The second kappa shape index (κ2) is 4.89. The number of hydrogen-bond donors (Lipinski definition) is 1. The molecule has 1 saturated carbocycles. The van der Waals surface area contributed by atoms with Gasteiger partial charge >= 0.3 is 0 Å². The number of carbonyl (C=O) groups is 2. The number of carbonyl (C=O) groups excluding carboxylic acids is 2. The maximum Gasteiger partial charge on any atom is 0.246 e. The molecule has 0 aromatic heterocycles. The number of amides is 2. The molecule has 2 amide bonds. The zero-order valence-corrected chi connectivity index (χ0v) is 11.9. The van der Waals surface area contributed by atoms with Gasteiger partial charge in [0, 0.05) is 28.3 Å². The molecule has 0 aromatic rings. The molecule has 106 valence electrons. The Morgan fingerprint density at radius 1 is 1.16 bits per heavy atom. The van der Waals surface area contributed by atoms with Crippen LogP contribution in [0.3, 0.4) is 0 Å². The van der Waals surface area contributed by atoms with Crippen LogP contribution in [0.5, 0.6) is 0 Å². The lowest BCUT2D eigenvalue weighted by atomic mass is 9.99. The van der Waals surface area contributed by atoms with Gasteiger partial charge in [0.05, 0.1) is 0 Å². The Kier molecular flexibility index (Phi) is 3.37. The summed E-state index contributed by atoms with van der Waals surface area (Å²) in [5.74, 6) is 1.67. The molecule has 0 spiro atoms. The number of piperazine rings is 1. The van der Waals surface area contributed by atoms with Gasteiger partial charge < -0.3 is 10.2 Å². The first-order chi connectivity index (χ1) is 9.08. The minimum absolute atomic E-state index is 0.0387. The van der Waals surface area contributed by atoms with Crippen molar-refractivity contribution in [2.24, 2.45) is 5.92 Å². The van der Waals surface area contributed by atoms with Crippen molar-refractivity contribution in [2.75, 3.05) is 11.5 Å². The van der Waals surface area contributed by atoms with Crippen molar-refractivity contribution >= 4 is 22.6 Å². The van der Waals surface area contributed by atoms with Crippen LogP contribution in [-0.4, -0.2) is 50.6 Å². The summed E-state index contributed by atoms with van der Waals surface area (Å²) in [4.78, 5) is 26.4. The van der Waals surface area contributed by atoms with Crippen molar-refractivity contribution in [3.8, 4) is 0 Å². The summed E-state index contributed by atoms with van der Waals surface area (Å²) in [5, 5.41) is 2.87. The molecule has 0 bridgehead atoms. The SMILES string of the molecule is CC1C(=O)NC(C2CC2)C(=O)N1C1CCS(=O)CC1. The van der Waals surface area contributed by atoms with Crippen molar-refractivity contribution < 1.29 is 13.8 Å². The lowest BCUT2D eigenvalue weighted by Crippen LogP contribution is -2.66. The molecule has 2 heterocycles. The molecular weight excluding hydrogens is 264 g/mol. The fraction of sp³-hybridized carbons (Fsp3) is 0.846. The topological polar surface area (TPSA) is 66.5 Å². The van der Waals surface area contributed by atoms with Crippen molar-refractivity contribution in [3.63, 3.8) is 0 Å². The molecule has 2 unspecified atom stereocenters. The van der Waals surface area contributed by atoms with Gasteiger partial charge in [-0.3, -0.25) is 13.8 Å². The van der Waals surface area contributed by atoms with E-state index in [0.717, 1.165) is 25.7 Å². The van der Waals surface area contributed by atoms with E-state index in [-0.39, 0.29) is 29.9 Å². The highest BCUT2D eigenvalue weighted by atomic mass is 32.2. The molecule has 1 N–H and O–H groups in total. The highest BCUT2D eigenvalue weighted by Crippen LogP contribution is 2.36. The zero-order chi connectivity index (χ0) is 13.6. The molecule has 6 heteroatoms. The Hall–Kier alpha value is -0.910. The van der Waals surface area contributed by atoms with Crippen LogP contribution in [-0.2, 0) is 20.4 Å². The van der Waals surface area contributed by atoms with Crippen molar-refractivity contribution in [2.45, 2.75) is 50.7 Å². The molecule has 0 aromatic carbocycles. The minimum Gasteiger partial charge on any atom is -0.342 e. The molecule has 3 rings (SSSR count). The highest BCUT2D eigenvalue weighted by Gasteiger charge is 2.47. The first-order valence-corrected chi connectivity index (χ1v) is 8.54. The average molecular weight is 284 g/mol. The van der Waals surface area contributed by atoms with Crippen LogP contribution in [0.2, 0.25) is 0 Å². The van der Waals surface area contributed by atoms with Crippen LogP contribution < -0.4 is 5.32 Å². The molecule has 1 aliphatic carbocycles. The van der Waals surface area contributed by atoms with E-state index >= 15 is 0 Å². The van der Waals surface area contributed by atoms with E-state index in [4.69, 9.17) is 0 Å². The van der Waals surface area contributed by atoms with Crippen LogP contribution in [0, 0.1) is 5.92 Å². The first-order valence-electron chi connectivity index (χ1n) is 7.05. The van der Waals surface area contributed by atoms with Gasteiger partial charge in [0.1, 0.15) is 12.1 Å². The zero-order valence-electron chi connectivity index (χ0n) is 11.1. The Morgan fingerprint density at radius 3 is 2.37 bits per heavy atom. The van der Waals surface area contributed by atoms with Gasteiger partial charge in [-0.15, -0.1) is 0 Å². The Balaban J connectivity index is 1.78. The third kappa shape index (κ3) is 2.42. The number of rotatable bonds is 2. The molecule has 19 heavy (non-hydrogen) atoms. The van der Waals surface area contributed by atoms with Crippen LogP contribution in [0.25, 0.3) is 0 Å². The van der Waals surface area contributed by atoms with E-state index in [9.17, 15) is 13.8 Å². The summed E-state index contributed by atoms with van der Waals surface area (Å²) in [6, 6.07) is -0.609. The molecular formula is C13H20N2O3S. The van der Waals surface area contributed by atoms with E-state index in [0.29, 0.717) is 17.4 Å². The Morgan fingerprint density at radius 2 is 1.79 bits per heavy atom. The summed E-state index contributed by atoms with van der Waals surface area (Å²) in [5.41, 5.74) is 0. The largest absolute Gasteiger partial charge is 0.342 e. The van der Waals surface area contributed by atoms with Gasteiger partial charge in [-0.25, -0.2) is 0 Å². The lowest BCUT2D eigenvalue weighted by molar-refractivity contribution is -0.152. The smallest absolute Gasteiger partial charge is 0.246 e. The fourth-order valence-corrected chi connectivity index (χ4v) is 4.39. The predicted octanol–water partition coefficient (Wildman–Crippen LogP) is 0.0230. The second-order valence-electron chi connectivity index (χ2n) is 5.82. The monoisotopic (exact) mass is 284 g/mol. The third-order valence-electron chi connectivity index (χ3n) is 4.46.